The molecular weight excluding hydrogens is 534 g/mol. The zero-order chi connectivity index (χ0) is 30.4. The third-order valence-electron chi connectivity index (χ3n) is 6.57. The highest BCUT2D eigenvalue weighted by molar-refractivity contribution is 6.32. The van der Waals surface area contributed by atoms with Crippen molar-refractivity contribution in [1.82, 2.24) is 20.1 Å². The number of allylic oxidation sites excluding steroid dienone is 1. The van der Waals surface area contributed by atoms with Gasteiger partial charge in [-0.1, -0.05) is 49.2 Å². The van der Waals surface area contributed by atoms with Crippen LogP contribution in [0.15, 0.2) is 66.2 Å². The highest BCUT2D eigenvalue weighted by Crippen LogP contribution is 2.30. The Kier molecular flexibility index (Phi) is 14.4. The Hall–Kier alpha value is -3.39. The summed E-state index contributed by atoms with van der Waals surface area (Å²) in [4.78, 5) is 20.7. The summed E-state index contributed by atoms with van der Waals surface area (Å²) in [7, 11) is 7.05. The first-order chi connectivity index (χ1) is 19.7. The number of nitrogens with zero attached hydrogens (tertiary/aromatic N) is 3. The van der Waals surface area contributed by atoms with E-state index in [4.69, 9.17) is 16.3 Å². The Balaban J connectivity index is 0.00000287. The maximum Gasteiger partial charge on any atom is 0.253 e. The SMILES string of the molecule is CC.CNC(/C=C\Nc1ccnc(C)c1/C=C(\C)CN1CC=C(c2ccc(C(=O)N(C)C)cc2Cl)CC1)=C/COC. The van der Waals surface area contributed by atoms with Crippen LogP contribution in [0.4, 0.5) is 5.69 Å². The van der Waals surface area contributed by atoms with Gasteiger partial charge in [0.2, 0.25) is 0 Å². The molecule has 0 fully saturated rings. The number of halogens is 1. The van der Waals surface area contributed by atoms with Gasteiger partial charge >= 0.3 is 0 Å². The minimum Gasteiger partial charge on any atom is -0.388 e. The number of anilines is 1. The fourth-order valence-corrected chi connectivity index (χ4v) is 4.75. The van der Waals surface area contributed by atoms with Gasteiger partial charge in [-0.25, -0.2) is 0 Å². The second-order valence-electron chi connectivity index (χ2n) is 9.80. The summed E-state index contributed by atoms with van der Waals surface area (Å²) in [6, 6.07) is 7.58. The predicted octanol–water partition coefficient (Wildman–Crippen LogP) is 6.64. The van der Waals surface area contributed by atoms with Crippen molar-refractivity contribution >= 4 is 34.8 Å². The van der Waals surface area contributed by atoms with E-state index < -0.39 is 0 Å². The largest absolute Gasteiger partial charge is 0.388 e. The molecule has 0 unspecified atom stereocenters. The van der Waals surface area contributed by atoms with E-state index in [0.717, 1.165) is 54.3 Å². The number of amides is 1. The van der Waals surface area contributed by atoms with Crippen LogP contribution in [-0.4, -0.2) is 75.2 Å². The molecule has 0 saturated carbocycles. The number of rotatable bonds is 11. The molecule has 0 spiro atoms. The Morgan fingerprint density at radius 1 is 1.24 bits per heavy atom. The zero-order valence-electron chi connectivity index (χ0n) is 25.8. The van der Waals surface area contributed by atoms with Crippen molar-refractivity contribution in [2.24, 2.45) is 0 Å². The summed E-state index contributed by atoms with van der Waals surface area (Å²) in [6.45, 7) is 11.4. The zero-order valence-corrected chi connectivity index (χ0v) is 26.6. The van der Waals surface area contributed by atoms with E-state index in [1.807, 2.05) is 70.6 Å². The van der Waals surface area contributed by atoms with Gasteiger partial charge in [0.15, 0.2) is 0 Å². The number of nitrogens with one attached hydrogen (secondary N) is 2. The van der Waals surface area contributed by atoms with Gasteiger partial charge < -0.3 is 20.3 Å². The van der Waals surface area contributed by atoms with Crippen LogP contribution in [0, 0.1) is 6.92 Å². The summed E-state index contributed by atoms with van der Waals surface area (Å²) in [6.07, 6.45) is 13.1. The van der Waals surface area contributed by atoms with E-state index in [9.17, 15) is 4.79 Å². The fraction of sp³-hybridized carbons (Fsp3) is 0.394. The van der Waals surface area contributed by atoms with Crippen LogP contribution >= 0.6 is 11.6 Å². The Morgan fingerprint density at radius 2 is 2.00 bits per heavy atom. The standard InChI is InChI=1S/C31H40ClN5O2.C2H6/c1-22(19-28-23(2)34-15-10-30(28)35-14-9-26(33-3)13-18-39-6)21-37-16-11-24(12-17-37)27-8-7-25(20-29(27)32)31(38)36(4)5;1-2/h7-11,13-15,19-20,33H,12,16-18,21H2,1-6H3,(H,34,35);1-2H3/b14-9-,22-19+,26-13+;. The number of carbonyl (C=O) groups excluding carboxylic acids is 1. The van der Waals surface area contributed by atoms with Gasteiger partial charge in [-0.3, -0.25) is 14.7 Å². The van der Waals surface area contributed by atoms with Crippen molar-refractivity contribution in [3.05, 3.63) is 93.6 Å². The molecule has 1 aromatic carbocycles. The van der Waals surface area contributed by atoms with Gasteiger partial charge in [-0.2, -0.15) is 0 Å². The van der Waals surface area contributed by atoms with Crippen molar-refractivity contribution in [2.75, 3.05) is 59.8 Å². The molecule has 1 aliphatic rings. The molecule has 2 heterocycles. The summed E-state index contributed by atoms with van der Waals surface area (Å²) < 4.78 is 5.12. The average Bonchev–Trinajstić information content (AvgIpc) is 2.97. The number of ether oxygens (including phenoxy) is 1. The molecule has 222 valence electrons. The molecular formula is C33H46ClN5O2. The summed E-state index contributed by atoms with van der Waals surface area (Å²) in [5.74, 6) is -0.0469. The van der Waals surface area contributed by atoms with Crippen LogP contribution in [0.3, 0.4) is 0 Å². The van der Waals surface area contributed by atoms with Crippen molar-refractivity contribution in [3.63, 3.8) is 0 Å². The fourth-order valence-electron chi connectivity index (χ4n) is 4.44. The first-order valence-corrected chi connectivity index (χ1v) is 14.5. The molecule has 0 aliphatic carbocycles. The second kappa shape index (κ2) is 17.4. The van der Waals surface area contributed by atoms with Crippen molar-refractivity contribution < 1.29 is 9.53 Å². The van der Waals surface area contributed by atoms with E-state index in [2.05, 4.69) is 39.6 Å². The predicted molar refractivity (Wildman–Crippen MR) is 174 cm³/mol. The Bertz CT molecular complexity index is 1280. The Labute approximate surface area is 251 Å². The number of carbonyl (C=O) groups is 1. The van der Waals surface area contributed by atoms with Gasteiger partial charge in [0.25, 0.3) is 5.91 Å². The number of hydrogen-bond acceptors (Lipinski definition) is 6. The normalized spacial score (nSPS) is 14.3. The van der Waals surface area contributed by atoms with Crippen LogP contribution in [0.5, 0.6) is 0 Å². The lowest BCUT2D eigenvalue weighted by Gasteiger charge is -2.27. The van der Waals surface area contributed by atoms with Crippen molar-refractivity contribution in [3.8, 4) is 0 Å². The van der Waals surface area contributed by atoms with Gasteiger partial charge in [0.05, 0.1) is 6.61 Å². The van der Waals surface area contributed by atoms with E-state index in [1.165, 1.54) is 11.1 Å². The number of likely N-dealkylation sites (N-methyl/N-ethyl adjacent to an activating group) is 1. The summed E-state index contributed by atoms with van der Waals surface area (Å²) in [5, 5.41) is 7.18. The molecule has 3 rings (SSSR count). The quantitative estimate of drug-likeness (QED) is 0.291. The molecule has 41 heavy (non-hydrogen) atoms. The topological polar surface area (TPSA) is 69.7 Å². The molecule has 2 N–H and O–H groups in total. The molecule has 0 atom stereocenters. The maximum absolute atomic E-state index is 12.2. The van der Waals surface area contributed by atoms with Crippen LogP contribution in [0.1, 0.15) is 54.4 Å². The average molecular weight is 580 g/mol. The molecule has 1 aromatic heterocycles. The smallest absolute Gasteiger partial charge is 0.253 e. The van der Waals surface area contributed by atoms with E-state index in [0.29, 0.717) is 17.2 Å². The van der Waals surface area contributed by atoms with E-state index in [1.54, 1.807) is 32.2 Å². The molecule has 0 radical (unpaired) electrons. The minimum atomic E-state index is -0.0469. The lowest BCUT2D eigenvalue weighted by atomic mass is 9.97. The number of hydrogen-bond donors (Lipinski definition) is 2. The van der Waals surface area contributed by atoms with Crippen LogP contribution in [0.25, 0.3) is 11.6 Å². The number of methoxy groups -OCH3 is 1. The third-order valence-corrected chi connectivity index (χ3v) is 6.89. The summed E-state index contributed by atoms with van der Waals surface area (Å²) in [5.41, 5.74) is 8.13. The molecule has 8 heteroatoms. The molecule has 2 aromatic rings. The Morgan fingerprint density at radius 3 is 2.61 bits per heavy atom. The van der Waals surface area contributed by atoms with Crippen molar-refractivity contribution in [2.45, 2.75) is 34.1 Å². The highest BCUT2D eigenvalue weighted by atomic mass is 35.5. The maximum atomic E-state index is 12.2. The van der Waals surface area contributed by atoms with Gasteiger partial charge in [-0.15, -0.1) is 0 Å². The molecule has 1 amide bonds. The number of benzene rings is 1. The number of pyridine rings is 1. The molecule has 7 nitrogen and oxygen atoms in total. The minimum absolute atomic E-state index is 0.0469. The highest BCUT2D eigenvalue weighted by Gasteiger charge is 2.17. The number of aryl methyl sites for hydroxylation is 1. The van der Waals surface area contributed by atoms with Gasteiger partial charge in [0, 0.05) is 93.5 Å². The van der Waals surface area contributed by atoms with E-state index in [-0.39, 0.29) is 5.91 Å². The lowest BCUT2D eigenvalue weighted by Crippen LogP contribution is -2.30. The number of aromatic nitrogens is 1. The first kappa shape index (κ1) is 33.8. The molecule has 1 aliphatic heterocycles. The molecule has 0 bridgehead atoms. The van der Waals surface area contributed by atoms with Gasteiger partial charge in [-0.05, 0) is 61.8 Å². The van der Waals surface area contributed by atoms with E-state index >= 15 is 0 Å². The monoisotopic (exact) mass is 579 g/mol. The first-order valence-electron chi connectivity index (χ1n) is 14.1. The summed E-state index contributed by atoms with van der Waals surface area (Å²) >= 11 is 6.57. The van der Waals surface area contributed by atoms with Crippen molar-refractivity contribution in [1.29, 1.82) is 0 Å². The molecule has 0 saturated heterocycles. The lowest BCUT2D eigenvalue weighted by molar-refractivity contribution is 0.0827. The van der Waals surface area contributed by atoms with Gasteiger partial charge in [0.1, 0.15) is 0 Å². The van der Waals surface area contributed by atoms with Crippen LogP contribution < -0.4 is 10.6 Å². The second-order valence-corrected chi connectivity index (χ2v) is 10.2. The van der Waals surface area contributed by atoms with Crippen LogP contribution in [0.2, 0.25) is 5.02 Å². The van der Waals surface area contributed by atoms with Crippen LogP contribution in [-0.2, 0) is 4.74 Å². The third kappa shape index (κ3) is 10.2.